The number of carbonyl (C=O) groups is 3. The van der Waals surface area contributed by atoms with E-state index in [9.17, 15) is 14.4 Å². The zero-order chi connectivity index (χ0) is 14.8. The van der Waals surface area contributed by atoms with Crippen LogP contribution < -0.4 is 0 Å². The molecule has 2 atom stereocenters. The zero-order valence-electron chi connectivity index (χ0n) is 11.3. The number of rotatable bonds is 2. The van der Waals surface area contributed by atoms with Gasteiger partial charge in [0.25, 0.3) is 0 Å². The van der Waals surface area contributed by atoms with E-state index in [1.165, 1.54) is 0 Å². The topological polar surface area (TPSA) is 104 Å². The number of amides is 1. The number of hydrogen-bond acceptors (Lipinski definition) is 4. The highest BCUT2D eigenvalue weighted by atomic mass is 16.6. The number of carboxylic acids is 2. The van der Waals surface area contributed by atoms with Crippen LogP contribution in [0.5, 0.6) is 0 Å². The van der Waals surface area contributed by atoms with Crippen molar-refractivity contribution in [1.29, 1.82) is 0 Å². The van der Waals surface area contributed by atoms with Crippen LogP contribution in [0.4, 0.5) is 4.79 Å². The number of hydrogen-bond donors (Lipinski definition) is 2. The van der Waals surface area contributed by atoms with E-state index in [-0.39, 0.29) is 19.4 Å². The Bertz CT molecular complexity index is 386. The smallest absolute Gasteiger partial charge is 0.411 e. The molecule has 19 heavy (non-hydrogen) atoms. The number of carbonyl (C=O) groups excluding carboxylic acids is 1. The maximum atomic E-state index is 11.9. The summed E-state index contributed by atoms with van der Waals surface area (Å²) in [6.45, 7) is 4.86. The Kier molecular flexibility index (Phi) is 4.39. The molecule has 7 heteroatoms. The van der Waals surface area contributed by atoms with E-state index < -0.39 is 35.6 Å². The molecular formula is C12H19NO6. The van der Waals surface area contributed by atoms with Crippen LogP contribution in [0.2, 0.25) is 0 Å². The molecule has 2 N–H and O–H groups in total. The van der Waals surface area contributed by atoms with E-state index in [1.54, 1.807) is 20.8 Å². The van der Waals surface area contributed by atoms with Crippen LogP contribution in [-0.2, 0) is 14.3 Å². The molecule has 0 bridgehead atoms. The van der Waals surface area contributed by atoms with Gasteiger partial charge in [-0.1, -0.05) is 0 Å². The summed E-state index contributed by atoms with van der Waals surface area (Å²) in [6.07, 6.45) is -0.428. The molecule has 1 saturated heterocycles. The van der Waals surface area contributed by atoms with Crippen molar-refractivity contribution in [2.75, 3.05) is 6.54 Å². The number of piperidine rings is 1. The molecule has 1 aliphatic rings. The lowest BCUT2D eigenvalue weighted by atomic mass is 9.93. The van der Waals surface area contributed by atoms with Crippen LogP contribution in [0.15, 0.2) is 0 Å². The lowest BCUT2D eigenvalue weighted by Crippen LogP contribution is -2.53. The summed E-state index contributed by atoms with van der Waals surface area (Å²) in [4.78, 5) is 35.0. The minimum atomic E-state index is -1.14. The first-order valence-corrected chi connectivity index (χ1v) is 6.07. The fourth-order valence-corrected chi connectivity index (χ4v) is 1.95. The maximum absolute atomic E-state index is 11.9. The molecule has 0 aliphatic carbocycles. The largest absolute Gasteiger partial charge is 0.481 e. The Morgan fingerprint density at radius 3 is 2.11 bits per heavy atom. The van der Waals surface area contributed by atoms with Crippen molar-refractivity contribution in [1.82, 2.24) is 4.90 Å². The van der Waals surface area contributed by atoms with Gasteiger partial charge in [0.1, 0.15) is 11.6 Å². The molecule has 0 aromatic rings. The molecule has 0 aromatic heterocycles. The minimum Gasteiger partial charge on any atom is -0.481 e. The van der Waals surface area contributed by atoms with Gasteiger partial charge in [-0.15, -0.1) is 0 Å². The molecule has 1 rings (SSSR count). The lowest BCUT2D eigenvalue weighted by Gasteiger charge is -2.36. The number of ether oxygens (including phenoxy) is 1. The first-order valence-electron chi connectivity index (χ1n) is 6.07. The lowest BCUT2D eigenvalue weighted by molar-refractivity contribution is -0.151. The van der Waals surface area contributed by atoms with Gasteiger partial charge in [0, 0.05) is 6.54 Å². The summed E-state index contributed by atoms with van der Waals surface area (Å²) >= 11 is 0. The summed E-state index contributed by atoms with van der Waals surface area (Å²) in [5.74, 6) is -2.92. The third-order valence-electron chi connectivity index (χ3n) is 2.84. The highest BCUT2D eigenvalue weighted by molar-refractivity contribution is 5.81. The second-order valence-electron chi connectivity index (χ2n) is 5.60. The SMILES string of the molecule is CC(C)(C)OC(=O)N1CC(C(=O)O)CCC1C(=O)O. The number of likely N-dealkylation sites (tertiary alicyclic amines) is 1. The van der Waals surface area contributed by atoms with Gasteiger partial charge in [0.2, 0.25) is 0 Å². The Morgan fingerprint density at radius 1 is 1.11 bits per heavy atom. The van der Waals surface area contributed by atoms with Gasteiger partial charge >= 0.3 is 18.0 Å². The molecule has 1 amide bonds. The highest BCUT2D eigenvalue weighted by Crippen LogP contribution is 2.24. The molecule has 0 saturated carbocycles. The Hall–Kier alpha value is -1.79. The predicted molar refractivity (Wildman–Crippen MR) is 64.7 cm³/mol. The average Bonchev–Trinajstić information content (AvgIpc) is 2.25. The monoisotopic (exact) mass is 273 g/mol. The van der Waals surface area contributed by atoms with Crippen LogP contribution in [-0.4, -0.2) is 51.3 Å². The average molecular weight is 273 g/mol. The van der Waals surface area contributed by atoms with Crippen LogP contribution >= 0.6 is 0 Å². The molecule has 1 heterocycles. The number of carboxylic acid groups (broad SMARTS) is 2. The van der Waals surface area contributed by atoms with Crippen molar-refractivity contribution in [3.63, 3.8) is 0 Å². The van der Waals surface area contributed by atoms with Crippen molar-refractivity contribution in [2.45, 2.75) is 45.3 Å². The standard InChI is InChI=1S/C12H19NO6/c1-12(2,3)19-11(18)13-6-7(9(14)15)4-5-8(13)10(16)17/h7-8H,4-6H2,1-3H3,(H,14,15)(H,16,17). The fraction of sp³-hybridized carbons (Fsp3) is 0.750. The van der Waals surface area contributed by atoms with Gasteiger partial charge in [-0.2, -0.15) is 0 Å². The van der Waals surface area contributed by atoms with E-state index >= 15 is 0 Å². The van der Waals surface area contributed by atoms with E-state index in [4.69, 9.17) is 14.9 Å². The minimum absolute atomic E-state index is 0.117. The van der Waals surface area contributed by atoms with Crippen LogP contribution in [0.1, 0.15) is 33.6 Å². The molecule has 0 spiro atoms. The number of aliphatic carboxylic acids is 2. The first kappa shape index (κ1) is 15.3. The van der Waals surface area contributed by atoms with E-state index in [0.29, 0.717) is 0 Å². The van der Waals surface area contributed by atoms with Crippen molar-refractivity contribution < 1.29 is 29.3 Å². The second-order valence-corrected chi connectivity index (χ2v) is 5.60. The summed E-state index contributed by atoms with van der Waals surface area (Å²) in [5, 5.41) is 18.1. The fourth-order valence-electron chi connectivity index (χ4n) is 1.95. The van der Waals surface area contributed by atoms with Gasteiger partial charge in [0.05, 0.1) is 5.92 Å². The molecule has 0 aromatic carbocycles. The Morgan fingerprint density at radius 2 is 1.68 bits per heavy atom. The quantitative estimate of drug-likeness (QED) is 0.782. The van der Waals surface area contributed by atoms with Gasteiger partial charge in [-0.05, 0) is 33.6 Å². The van der Waals surface area contributed by atoms with E-state index in [0.717, 1.165) is 4.90 Å². The van der Waals surface area contributed by atoms with Crippen molar-refractivity contribution in [3.8, 4) is 0 Å². The Balaban J connectivity index is 2.85. The van der Waals surface area contributed by atoms with E-state index in [2.05, 4.69) is 0 Å². The summed E-state index contributed by atoms with van der Waals surface area (Å²) < 4.78 is 5.12. The van der Waals surface area contributed by atoms with Gasteiger partial charge in [-0.25, -0.2) is 9.59 Å². The Labute approximate surface area is 111 Å². The molecule has 1 fully saturated rings. The summed E-state index contributed by atoms with van der Waals surface area (Å²) in [6, 6.07) is -1.02. The zero-order valence-corrected chi connectivity index (χ0v) is 11.3. The van der Waals surface area contributed by atoms with Crippen molar-refractivity contribution in [3.05, 3.63) is 0 Å². The molecule has 0 radical (unpaired) electrons. The molecule has 108 valence electrons. The molecular weight excluding hydrogens is 254 g/mol. The normalized spacial score (nSPS) is 23.8. The third-order valence-corrected chi connectivity index (χ3v) is 2.84. The maximum Gasteiger partial charge on any atom is 0.411 e. The van der Waals surface area contributed by atoms with E-state index in [1.807, 2.05) is 0 Å². The third kappa shape index (κ3) is 4.11. The van der Waals surface area contributed by atoms with Gasteiger partial charge in [-0.3, -0.25) is 9.69 Å². The predicted octanol–water partition coefficient (Wildman–Crippen LogP) is 1.17. The molecule has 2 unspecified atom stereocenters. The number of nitrogens with zero attached hydrogens (tertiary/aromatic N) is 1. The van der Waals surface area contributed by atoms with Crippen LogP contribution in [0.25, 0.3) is 0 Å². The van der Waals surface area contributed by atoms with Gasteiger partial charge in [0.15, 0.2) is 0 Å². The van der Waals surface area contributed by atoms with Crippen LogP contribution in [0.3, 0.4) is 0 Å². The van der Waals surface area contributed by atoms with Crippen molar-refractivity contribution >= 4 is 18.0 Å². The van der Waals surface area contributed by atoms with Gasteiger partial charge < -0.3 is 14.9 Å². The van der Waals surface area contributed by atoms with Crippen LogP contribution in [0, 0.1) is 5.92 Å². The van der Waals surface area contributed by atoms with Crippen molar-refractivity contribution in [2.24, 2.45) is 5.92 Å². The summed E-state index contributed by atoms with van der Waals surface area (Å²) in [5.41, 5.74) is -0.754. The second kappa shape index (κ2) is 5.46. The molecule has 7 nitrogen and oxygen atoms in total. The summed E-state index contributed by atoms with van der Waals surface area (Å²) in [7, 11) is 0. The first-order chi connectivity index (χ1) is 8.61. The highest BCUT2D eigenvalue weighted by Gasteiger charge is 2.40. The molecule has 1 aliphatic heterocycles.